The summed E-state index contributed by atoms with van der Waals surface area (Å²) in [7, 11) is 3.50. The highest BCUT2D eigenvalue weighted by Crippen LogP contribution is 2.11. The number of aldehydes is 1. The number of alkyl halides is 1. The van der Waals surface area contributed by atoms with E-state index in [1.54, 1.807) is 25.9 Å². The Labute approximate surface area is 54.4 Å². The molecule has 0 aliphatic heterocycles. The standard InChI is InChI=1S/C5H10ClNO/c1-5(6,4-8)7(2)3/h4H,1-3H3/t5-/m0/s1. The summed E-state index contributed by atoms with van der Waals surface area (Å²) in [5.74, 6) is 0. The lowest BCUT2D eigenvalue weighted by Gasteiger charge is -2.22. The number of carbonyl (C=O) groups is 1. The van der Waals surface area contributed by atoms with E-state index in [-0.39, 0.29) is 0 Å². The minimum Gasteiger partial charge on any atom is -0.300 e. The summed E-state index contributed by atoms with van der Waals surface area (Å²) in [6.07, 6.45) is 0.703. The van der Waals surface area contributed by atoms with Crippen LogP contribution in [0.4, 0.5) is 0 Å². The Bertz CT molecular complexity index is 90.4. The molecule has 0 aromatic heterocycles. The summed E-state index contributed by atoms with van der Waals surface area (Å²) in [5, 5.41) is 0. The number of nitrogens with zero attached hydrogens (tertiary/aromatic N) is 1. The second-order valence-corrected chi connectivity index (χ2v) is 2.80. The normalized spacial score (nSPS) is 18.1. The van der Waals surface area contributed by atoms with Gasteiger partial charge in [0.15, 0.2) is 6.29 Å². The molecule has 0 aromatic rings. The third-order valence-electron chi connectivity index (χ3n) is 1.09. The fourth-order valence-electron chi connectivity index (χ4n) is 0.105. The van der Waals surface area contributed by atoms with Gasteiger partial charge in [0.25, 0.3) is 0 Å². The molecule has 3 heteroatoms. The number of likely N-dealkylation sites (N-methyl/N-ethyl adjacent to an activating group) is 1. The van der Waals surface area contributed by atoms with Crippen LogP contribution in [0.2, 0.25) is 0 Å². The zero-order valence-electron chi connectivity index (χ0n) is 5.31. The molecule has 0 radical (unpaired) electrons. The minimum atomic E-state index is -0.833. The Morgan fingerprint density at radius 2 is 2.00 bits per heavy atom. The quantitative estimate of drug-likeness (QED) is 0.316. The molecular formula is C5H10ClNO. The summed E-state index contributed by atoms with van der Waals surface area (Å²) >= 11 is 5.61. The van der Waals surface area contributed by atoms with Crippen LogP contribution >= 0.6 is 11.6 Å². The number of carbonyl (C=O) groups excluding carboxylic acids is 1. The molecule has 0 rings (SSSR count). The molecule has 0 aliphatic carbocycles. The third-order valence-corrected chi connectivity index (χ3v) is 1.52. The second kappa shape index (κ2) is 2.46. The van der Waals surface area contributed by atoms with E-state index in [4.69, 9.17) is 11.6 Å². The van der Waals surface area contributed by atoms with Gasteiger partial charge in [0.05, 0.1) is 0 Å². The van der Waals surface area contributed by atoms with E-state index >= 15 is 0 Å². The van der Waals surface area contributed by atoms with Gasteiger partial charge in [-0.15, -0.1) is 0 Å². The van der Waals surface area contributed by atoms with E-state index in [0.29, 0.717) is 6.29 Å². The topological polar surface area (TPSA) is 20.3 Å². The summed E-state index contributed by atoms with van der Waals surface area (Å²) in [5.41, 5.74) is 0. The maximum Gasteiger partial charge on any atom is 0.155 e. The molecule has 0 unspecified atom stereocenters. The van der Waals surface area contributed by atoms with Gasteiger partial charge in [-0.2, -0.15) is 0 Å². The van der Waals surface area contributed by atoms with Crippen molar-refractivity contribution in [2.24, 2.45) is 0 Å². The smallest absolute Gasteiger partial charge is 0.155 e. The van der Waals surface area contributed by atoms with Crippen LogP contribution in [0.1, 0.15) is 6.92 Å². The first-order valence-electron chi connectivity index (χ1n) is 2.33. The first-order valence-corrected chi connectivity index (χ1v) is 2.71. The van der Waals surface area contributed by atoms with E-state index in [1.807, 2.05) is 0 Å². The van der Waals surface area contributed by atoms with Crippen molar-refractivity contribution >= 4 is 17.9 Å². The molecule has 0 spiro atoms. The van der Waals surface area contributed by atoms with Crippen molar-refractivity contribution in [1.82, 2.24) is 4.90 Å². The summed E-state index contributed by atoms with van der Waals surface area (Å²) in [6.45, 7) is 1.64. The van der Waals surface area contributed by atoms with Crippen LogP contribution < -0.4 is 0 Å². The predicted molar refractivity (Wildman–Crippen MR) is 34.0 cm³/mol. The van der Waals surface area contributed by atoms with E-state index in [9.17, 15) is 4.79 Å². The van der Waals surface area contributed by atoms with Gasteiger partial charge in [0.2, 0.25) is 0 Å². The Hall–Kier alpha value is -0.0800. The monoisotopic (exact) mass is 135 g/mol. The molecule has 0 aliphatic rings. The van der Waals surface area contributed by atoms with Crippen molar-refractivity contribution in [3.05, 3.63) is 0 Å². The van der Waals surface area contributed by atoms with Crippen molar-refractivity contribution < 1.29 is 4.79 Å². The first kappa shape index (κ1) is 7.92. The lowest BCUT2D eigenvalue weighted by Crippen LogP contribution is -2.36. The fourth-order valence-corrected chi connectivity index (χ4v) is 0.105. The Kier molecular flexibility index (Phi) is 2.44. The van der Waals surface area contributed by atoms with E-state index in [0.717, 1.165) is 0 Å². The Morgan fingerprint density at radius 3 is 2.00 bits per heavy atom. The SMILES string of the molecule is CN(C)[C@](C)(Cl)C=O. The molecule has 0 amide bonds. The van der Waals surface area contributed by atoms with Crippen molar-refractivity contribution in [3.8, 4) is 0 Å². The van der Waals surface area contributed by atoms with E-state index in [2.05, 4.69) is 0 Å². The van der Waals surface area contributed by atoms with Crippen LogP contribution in [0.3, 0.4) is 0 Å². The molecule has 0 bridgehead atoms. The number of halogens is 1. The van der Waals surface area contributed by atoms with Gasteiger partial charge in [-0.1, -0.05) is 11.6 Å². The summed E-state index contributed by atoms with van der Waals surface area (Å²) < 4.78 is 0. The molecule has 0 saturated carbocycles. The van der Waals surface area contributed by atoms with Crippen molar-refractivity contribution in [1.29, 1.82) is 0 Å². The molecule has 0 saturated heterocycles. The highest BCUT2D eigenvalue weighted by molar-refractivity contribution is 6.30. The maximum absolute atomic E-state index is 10.1. The molecule has 0 N–H and O–H groups in total. The first-order chi connectivity index (χ1) is 3.50. The van der Waals surface area contributed by atoms with Gasteiger partial charge in [-0.3, -0.25) is 9.69 Å². The van der Waals surface area contributed by atoms with E-state index in [1.165, 1.54) is 0 Å². The maximum atomic E-state index is 10.1. The number of hydrogen-bond donors (Lipinski definition) is 0. The molecule has 1 atom stereocenters. The largest absolute Gasteiger partial charge is 0.300 e. The lowest BCUT2D eigenvalue weighted by molar-refractivity contribution is -0.112. The van der Waals surface area contributed by atoms with Gasteiger partial charge in [0.1, 0.15) is 5.00 Å². The summed E-state index contributed by atoms with van der Waals surface area (Å²) in [4.78, 5) is 10.9. The number of rotatable bonds is 2. The van der Waals surface area contributed by atoms with Crippen LogP contribution in [-0.4, -0.2) is 30.3 Å². The molecule has 48 valence electrons. The van der Waals surface area contributed by atoms with Gasteiger partial charge >= 0.3 is 0 Å². The van der Waals surface area contributed by atoms with Gasteiger partial charge in [-0.05, 0) is 21.0 Å². The molecule has 0 fully saturated rings. The van der Waals surface area contributed by atoms with Crippen LogP contribution in [0.5, 0.6) is 0 Å². The highest BCUT2D eigenvalue weighted by Gasteiger charge is 2.21. The zero-order valence-corrected chi connectivity index (χ0v) is 6.07. The van der Waals surface area contributed by atoms with E-state index < -0.39 is 5.00 Å². The van der Waals surface area contributed by atoms with Gasteiger partial charge in [-0.25, -0.2) is 0 Å². The third kappa shape index (κ3) is 1.80. The fraction of sp³-hybridized carbons (Fsp3) is 0.800. The zero-order chi connectivity index (χ0) is 6.78. The minimum absolute atomic E-state index is 0.703. The highest BCUT2D eigenvalue weighted by atomic mass is 35.5. The molecule has 0 heterocycles. The summed E-state index contributed by atoms with van der Waals surface area (Å²) in [6, 6.07) is 0. The number of hydrogen-bond acceptors (Lipinski definition) is 2. The Morgan fingerprint density at radius 1 is 1.62 bits per heavy atom. The van der Waals surface area contributed by atoms with Crippen molar-refractivity contribution in [3.63, 3.8) is 0 Å². The Balaban J connectivity index is 3.90. The average Bonchev–Trinajstić information content (AvgIpc) is 1.67. The average molecular weight is 136 g/mol. The molecular weight excluding hydrogens is 126 g/mol. The molecule has 8 heavy (non-hydrogen) atoms. The van der Waals surface area contributed by atoms with Crippen LogP contribution in [-0.2, 0) is 4.79 Å². The van der Waals surface area contributed by atoms with Crippen molar-refractivity contribution in [2.45, 2.75) is 11.9 Å². The van der Waals surface area contributed by atoms with Gasteiger partial charge < -0.3 is 0 Å². The molecule has 0 aromatic carbocycles. The van der Waals surface area contributed by atoms with Crippen LogP contribution in [0, 0.1) is 0 Å². The van der Waals surface area contributed by atoms with Crippen LogP contribution in [0.15, 0.2) is 0 Å². The molecule has 2 nitrogen and oxygen atoms in total. The van der Waals surface area contributed by atoms with Crippen LogP contribution in [0.25, 0.3) is 0 Å². The predicted octanol–water partition coefficient (Wildman–Crippen LogP) is 0.702. The lowest BCUT2D eigenvalue weighted by atomic mass is 10.3. The second-order valence-electron chi connectivity index (χ2n) is 2.04. The van der Waals surface area contributed by atoms with Gasteiger partial charge in [0, 0.05) is 0 Å². The van der Waals surface area contributed by atoms with Crippen molar-refractivity contribution in [2.75, 3.05) is 14.1 Å².